The van der Waals surface area contributed by atoms with Crippen molar-refractivity contribution in [3.8, 4) is 17.6 Å². The lowest BCUT2D eigenvalue weighted by atomic mass is 10.1. The third-order valence-corrected chi connectivity index (χ3v) is 6.42. The largest absolute Gasteiger partial charge is 0.489 e. The Morgan fingerprint density at radius 3 is 2.78 bits per heavy atom. The van der Waals surface area contributed by atoms with Crippen LogP contribution in [0.4, 0.5) is 5.69 Å². The molecule has 1 fully saturated rings. The van der Waals surface area contributed by atoms with Crippen LogP contribution in [0.5, 0.6) is 5.75 Å². The summed E-state index contributed by atoms with van der Waals surface area (Å²) in [4.78, 5) is 34.1. The summed E-state index contributed by atoms with van der Waals surface area (Å²) in [5.41, 5.74) is 2.48. The fourth-order valence-electron chi connectivity index (χ4n) is 4.43. The lowest BCUT2D eigenvalue weighted by Crippen LogP contribution is -2.50. The molecule has 0 aromatic heterocycles. The van der Waals surface area contributed by atoms with Crippen molar-refractivity contribution in [3.05, 3.63) is 59.7 Å². The SMILES string of the molecule is CN1C(=O)[C@@H](NC(=O)C2=NC(Cc3ccccc3)N=N2)COc2ccc(C#CCN3CCCC3)cc21. The smallest absolute Gasteiger partial charge is 0.291 e. The van der Waals surface area contributed by atoms with Crippen molar-refractivity contribution in [1.29, 1.82) is 0 Å². The molecule has 1 saturated heterocycles. The Morgan fingerprint density at radius 2 is 1.97 bits per heavy atom. The molecule has 3 aliphatic rings. The maximum atomic E-state index is 13.2. The van der Waals surface area contributed by atoms with Crippen LogP contribution in [0.25, 0.3) is 0 Å². The van der Waals surface area contributed by atoms with E-state index in [4.69, 9.17) is 4.74 Å². The van der Waals surface area contributed by atoms with E-state index in [1.165, 1.54) is 17.7 Å². The Labute approximate surface area is 210 Å². The Balaban J connectivity index is 1.22. The van der Waals surface area contributed by atoms with Crippen molar-refractivity contribution in [2.24, 2.45) is 15.2 Å². The van der Waals surface area contributed by atoms with Gasteiger partial charge in [0.15, 0.2) is 6.17 Å². The van der Waals surface area contributed by atoms with E-state index in [1.54, 1.807) is 7.05 Å². The molecule has 1 unspecified atom stereocenters. The number of azo groups is 1. The molecule has 0 spiro atoms. The molecule has 9 nitrogen and oxygen atoms in total. The molecule has 3 heterocycles. The van der Waals surface area contributed by atoms with Crippen LogP contribution in [-0.2, 0) is 16.0 Å². The number of benzene rings is 2. The van der Waals surface area contributed by atoms with E-state index < -0.39 is 18.1 Å². The summed E-state index contributed by atoms with van der Waals surface area (Å²) in [7, 11) is 1.67. The van der Waals surface area contributed by atoms with Gasteiger partial charge in [-0.15, -0.1) is 5.11 Å². The number of nitrogens with one attached hydrogen (secondary N) is 1. The molecule has 5 rings (SSSR count). The number of carbonyl (C=O) groups is 2. The monoisotopic (exact) mass is 484 g/mol. The summed E-state index contributed by atoms with van der Waals surface area (Å²) in [6.45, 7) is 2.93. The van der Waals surface area contributed by atoms with E-state index in [1.807, 2.05) is 48.5 Å². The van der Waals surface area contributed by atoms with Crippen LogP contribution in [-0.4, -0.2) is 68.0 Å². The van der Waals surface area contributed by atoms with Crippen LogP contribution in [0.15, 0.2) is 63.8 Å². The Bertz CT molecular complexity index is 1260. The highest BCUT2D eigenvalue weighted by Crippen LogP contribution is 2.31. The quantitative estimate of drug-likeness (QED) is 0.659. The van der Waals surface area contributed by atoms with Crippen molar-refractivity contribution < 1.29 is 14.3 Å². The van der Waals surface area contributed by atoms with Gasteiger partial charge in [-0.2, -0.15) is 5.11 Å². The van der Waals surface area contributed by atoms with Gasteiger partial charge in [-0.1, -0.05) is 42.2 Å². The minimum absolute atomic E-state index is 0.000233. The van der Waals surface area contributed by atoms with Crippen molar-refractivity contribution in [2.75, 3.05) is 38.2 Å². The van der Waals surface area contributed by atoms with Crippen LogP contribution in [0.2, 0.25) is 0 Å². The van der Waals surface area contributed by atoms with Crippen LogP contribution in [0, 0.1) is 11.8 Å². The molecule has 9 heteroatoms. The van der Waals surface area contributed by atoms with Gasteiger partial charge in [-0.3, -0.25) is 14.5 Å². The first-order valence-electron chi connectivity index (χ1n) is 12.2. The topological polar surface area (TPSA) is 99.0 Å². The number of carbonyl (C=O) groups excluding carboxylic acids is 2. The van der Waals surface area contributed by atoms with Crippen LogP contribution in [0.3, 0.4) is 0 Å². The molecule has 2 aromatic carbocycles. The summed E-state index contributed by atoms with van der Waals surface area (Å²) in [5.74, 6) is 6.09. The van der Waals surface area contributed by atoms with Crippen molar-refractivity contribution in [1.82, 2.24) is 10.2 Å². The molecule has 2 aromatic rings. The minimum atomic E-state index is -0.884. The zero-order valence-electron chi connectivity index (χ0n) is 20.2. The number of amides is 2. The second kappa shape index (κ2) is 10.7. The van der Waals surface area contributed by atoms with Gasteiger partial charge in [0.25, 0.3) is 11.8 Å². The first-order valence-corrected chi connectivity index (χ1v) is 12.2. The third-order valence-electron chi connectivity index (χ3n) is 6.42. The van der Waals surface area contributed by atoms with E-state index >= 15 is 0 Å². The molecule has 2 atom stereocenters. The minimum Gasteiger partial charge on any atom is -0.489 e. The number of aliphatic imine (C=N–C) groups is 1. The summed E-state index contributed by atoms with van der Waals surface area (Å²) in [6.07, 6.45) is 2.56. The van der Waals surface area contributed by atoms with E-state index in [9.17, 15) is 9.59 Å². The fraction of sp³-hybridized carbons (Fsp3) is 0.370. The average Bonchev–Trinajstić information content (AvgIpc) is 3.57. The molecular formula is C27H28N6O3. The van der Waals surface area contributed by atoms with Gasteiger partial charge in [0, 0.05) is 19.0 Å². The standard InChI is InChI=1S/C27H28N6O3/c1-32-22-16-20(10-7-15-33-13-5-6-14-33)11-12-23(22)36-18-21(27(32)35)28-26(34)25-29-24(30-31-25)17-19-8-3-2-4-9-19/h2-4,8-9,11-12,16,21,24H,5-6,13-15,17-18H2,1H3,(H,28,34)/t21-,24?/m0/s1. The number of likely N-dealkylation sites (N-methyl/N-ethyl adjacent to an activating group) is 1. The molecule has 1 N–H and O–H groups in total. The van der Waals surface area contributed by atoms with Gasteiger partial charge < -0.3 is 15.0 Å². The van der Waals surface area contributed by atoms with E-state index in [-0.39, 0.29) is 18.3 Å². The van der Waals surface area contributed by atoms with Crippen molar-refractivity contribution >= 4 is 23.3 Å². The Morgan fingerprint density at radius 1 is 1.17 bits per heavy atom. The van der Waals surface area contributed by atoms with Gasteiger partial charge in [0.05, 0.1) is 12.2 Å². The maximum Gasteiger partial charge on any atom is 0.291 e. The molecule has 0 bridgehead atoms. The summed E-state index contributed by atoms with van der Waals surface area (Å²) in [6, 6.07) is 14.4. The maximum absolute atomic E-state index is 13.2. The zero-order chi connectivity index (χ0) is 24.9. The van der Waals surface area contributed by atoms with Gasteiger partial charge in [0.1, 0.15) is 18.4 Å². The predicted octanol–water partition coefficient (Wildman–Crippen LogP) is 2.41. The molecule has 0 radical (unpaired) electrons. The van der Waals surface area contributed by atoms with Gasteiger partial charge >= 0.3 is 0 Å². The van der Waals surface area contributed by atoms with Crippen LogP contribution in [0.1, 0.15) is 24.0 Å². The van der Waals surface area contributed by atoms with Crippen molar-refractivity contribution in [2.45, 2.75) is 31.5 Å². The highest BCUT2D eigenvalue weighted by Gasteiger charge is 2.32. The zero-order valence-corrected chi connectivity index (χ0v) is 20.2. The molecule has 2 amide bonds. The highest BCUT2D eigenvalue weighted by atomic mass is 16.5. The lowest BCUT2D eigenvalue weighted by molar-refractivity contribution is -0.124. The third kappa shape index (κ3) is 5.44. The number of hydrogen-bond donors (Lipinski definition) is 1. The first kappa shape index (κ1) is 23.7. The second-order valence-electron chi connectivity index (χ2n) is 9.04. The van der Waals surface area contributed by atoms with Gasteiger partial charge in [-0.25, -0.2) is 4.99 Å². The fourth-order valence-corrected chi connectivity index (χ4v) is 4.43. The second-order valence-corrected chi connectivity index (χ2v) is 9.04. The molecular weight excluding hydrogens is 456 g/mol. The number of hydrogen-bond acceptors (Lipinski definition) is 7. The van der Waals surface area contributed by atoms with Gasteiger partial charge in [-0.05, 0) is 49.7 Å². The summed E-state index contributed by atoms with van der Waals surface area (Å²) >= 11 is 0. The number of fused-ring (bicyclic) bond motifs is 1. The number of ether oxygens (including phenoxy) is 1. The van der Waals surface area contributed by atoms with E-state index in [2.05, 4.69) is 37.3 Å². The molecule has 184 valence electrons. The van der Waals surface area contributed by atoms with E-state index in [0.717, 1.165) is 30.8 Å². The van der Waals surface area contributed by atoms with Crippen LogP contribution < -0.4 is 15.0 Å². The van der Waals surface area contributed by atoms with Crippen molar-refractivity contribution in [3.63, 3.8) is 0 Å². The summed E-state index contributed by atoms with van der Waals surface area (Å²) in [5, 5.41) is 10.7. The molecule has 0 saturated carbocycles. The average molecular weight is 485 g/mol. The van der Waals surface area contributed by atoms with Gasteiger partial charge in [0.2, 0.25) is 5.84 Å². The number of rotatable bonds is 5. The lowest BCUT2D eigenvalue weighted by Gasteiger charge is -2.20. The molecule has 36 heavy (non-hydrogen) atoms. The highest BCUT2D eigenvalue weighted by molar-refractivity contribution is 6.38. The predicted molar refractivity (Wildman–Crippen MR) is 136 cm³/mol. The Hall–Kier alpha value is -4.03. The Kier molecular flexibility index (Phi) is 7.05. The normalized spacial score (nSPS) is 21.2. The first-order chi connectivity index (χ1) is 17.6. The van der Waals surface area contributed by atoms with Crippen LogP contribution >= 0.6 is 0 Å². The van der Waals surface area contributed by atoms with E-state index in [0.29, 0.717) is 17.9 Å². The number of likely N-dealkylation sites (tertiary alicyclic amines) is 1. The molecule has 0 aliphatic carbocycles. The number of anilines is 1. The summed E-state index contributed by atoms with van der Waals surface area (Å²) < 4.78 is 5.88. The number of amidine groups is 1. The molecule has 3 aliphatic heterocycles. The number of nitrogens with zero attached hydrogens (tertiary/aromatic N) is 5.